The molecule has 0 aliphatic carbocycles. The van der Waals surface area contributed by atoms with Crippen molar-refractivity contribution in [3.63, 3.8) is 0 Å². The van der Waals surface area contributed by atoms with Crippen molar-refractivity contribution in [2.45, 2.75) is 46.8 Å². The molecule has 0 radical (unpaired) electrons. The fourth-order valence-electron chi connectivity index (χ4n) is 5.40. The molecule has 232 valence electrons. The maximum absolute atomic E-state index is 13.4. The van der Waals surface area contributed by atoms with Gasteiger partial charge in [0.25, 0.3) is 10.0 Å². The Bertz CT molecular complexity index is 1470. The van der Waals surface area contributed by atoms with E-state index in [1.165, 1.54) is 35.8 Å². The summed E-state index contributed by atoms with van der Waals surface area (Å²) in [5, 5.41) is 13.7. The van der Waals surface area contributed by atoms with Gasteiger partial charge in [-0.15, -0.1) is 0 Å². The molecule has 2 atom stereocenters. The molecule has 2 saturated heterocycles. The number of benzene rings is 1. The van der Waals surface area contributed by atoms with Crippen LogP contribution >= 0.6 is 0 Å². The summed E-state index contributed by atoms with van der Waals surface area (Å²) in [7, 11) is -4.45. The second-order valence-electron chi connectivity index (χ2n) is 10.7. The van der Waals surface area contributed by atoms with Gasteiger partial charge in [0.05, 0.1) is 37.0 Å². The minimum atomic E-state index is -3.82. The van der Waals surface area contributed by atoms with Gasteiger partial charge in [-0.2, -0.15) is 4.31 Å². The second kappa shape index (κ2) is 12.6. The summed E-state index contributed by atoms with van der Waals surface area (Å²) in [5.74, 6) is 0.736. The van der Waals surface area contributed by atoms with Crippen LogP contribution in [0.15, 0.2) is 46.3 Å². The molecule has 3 N–H and O–H groups in total. The van der Waals surface area contributed by atoms with E-state index in [1.807, 2.05) is 16.8 Å². The molecule has 2 fully saturated rings. The molecule has 0 saturated carbocycles. The van der Waals surface area contributed by atoms with Crippen LogP contribution < -0.4 is 24.6 Å². The summed E-state index contributed by atoms with van der Waals surface area (Å²) >= 11 is 0. The first-order chi connectivity index (χ1) is 20.0. The number of pyridine rings is 1. The SMILES string of the molecule is CONS(=O)(=O)c1cccc(OC[C@@H](O)CNC2COC3(CCN(S(=O)(=O)c4cnc5c(c4)N(C)CCO5)CC3)C2)c1. The Kier molecular flexibility index (Phi) is 9.24. The zero-order chi connectivity index (χ0) is 30.0. The number of nitrogens with one attached hydrogen (secondary N) is 2. The molecule has 3 aliphatic heterocycles. The van der Waals surface area contributed by atoms with E-state index in [0.717, 1.165) is 0 Å². The van der Waals surface area contributed by atoms with Gasteiger partial charge in [-0.05, 0) is 37.5 Å². The van der Waals surface area contributed by atoms with Crippen LogP contribution in [0.3, 0.4) is 0 Å². The van der Waals surface area contributed by atoms with Crippen molar-refractivity contribution in [1.29, 1.82) is 0 Å². The minimum Gasteiger partial charge on any atom is -0.491 e. The van der Waals surface area contributed by atoms with Gasteiger partial charge in [0.2, 0.25) is 15.9 Å². The van der Waals surface area contributed by atoms with Crippen molar-refractivity contribution in [2.75, 3.05) is 65.1 Å². The Hall–Kier alpha value is -2.57. The van der Waals surface area contributed by atoms with E-state index < -0.39 is 31.8 Å². The molecule has 1 aromatic heterocycles. The lowest BCUT2D eigenvalue weighted by Gasteiger charge is -2.38. The van der Waals surface area contributed by atoms with Crippen molar-refractivity contribution >= 4 is 25.7 Å². The molecule has 0 amide bonds. The smallest absolute Gasteiger partial charge is 0.262 e. The molecular weight excluding hydrogens is 590 g/mol. The minimum absolute atomic E-state index is 0.00298. The van der Waals surface area contributed by atoms with Gasteiger partial charge in [0.1, 0.15) is 35.7 Å². The number of fused-ring (bicyclic) bond motifs is 1. The van der Waals surface area contributed by atoms with Crippen LogP contribution in [0, 0.1) is 0 Å². The molecule has 0 bridgehead atoms. The number of hydrogen-bond donors (Lipinski definition) is 3. The maximum atomic E-state index is 13.4. The van der Waals surface area contributed by atoms with E-state index >= 15 is 0 Å². The monoisotopic (exact) mass is 627 g/mol. The molecule has 42 heavy (non-hydrogen) atoms. The first kappa shape index (κ1) is 30.9. The van der Waals surface area contributed by atoms with Gasteiger partial charge in [0.15, 0.2) is 0 Å². The van der Waals surface area contributed by atoms with Crippen LogP contribution in [0.2, 0.25) is 0 Å². The summed E-state index contributed by atoms with van der Waals surface area (Å²) in [5.41, 5.74) is 0.243. The van der Waals surface area contributed by atoms with Crippen LogP contribution in [0.4, 0.5) is 5.69 Å². The Morgan fingerprint density at radius 2 is 1.95 bits per heavy atom. The zero-order valence-corrected chi connectivity index (χ0v) is 25.2. The summed E-state index contributed by atoms with van der Waals surface area (Å²) in [6.07, 6.45) is 2.34. The van der Waals surface area contributed by atoms with Crippen LogP contribution in [0.5, 0.6) is 11.6 Å². The lowest BCUT2D eigenvalue weighted by Crippen LogP contribution is -2.47. The predicted molar refractivity (Wildman–Crippen MR) is 151 cm³/mol. The van der Waals surface area contributed by atoms with Crippen molar-refractivity contribution in [3.05, 3.63) is 36.5 Å². The maximum Gasteiger partial charge on any atom is 0.262 e. The first-order valence-corrected chi connectivity index (χ1v) is 16.6. The summed E-state index contributed by atoms with van der Waals surface area (Å²) < 4.78 is 69.7. The highest BCUT2D eigenvalue weighted by Crippen LogP contribution is 2.38. The van der Waals surface area contributed by atoms with E-state index in [-0.39, 0.29) is 29.0 Å². The van der Waals surface area contributed by atoms with E-state index in [2.05, 4.69) is 15.1 Å². The molecule has 1 spiro atoms. The number of piperidine rings is 1. The summed E-state index contributed by atoms with van der Waals surface area (Å²) in [6, 6.07) is 7.50. The topological polar surface area (TPSA) is 169 Å². The molecule has 2 aromatic rings. The summed E-state index contributed by atoms with van der Waals surface area (Å²) in [6.45, 7) is 2.50. The predicted octanol–water partition coefficient (Wildman–Crippen LogP) is 0.0916. The number of anilines is 1. The van der Waals surface area contributed by atoms with Crippen LogP contribution in [-0.2, 0) is 29.6 Å². The standard InChI is InChI=1S/C26H37N5O9S2/c1-30-10-11-38-25-24(30)13-23(16-28-25)42(35,36)31-8-6-26(7-9-31)14-19(17-40-26)27-15-20(32)18-39-21-4-3-5-22(12-21)41(33,34)29-37-2/h3-5,12-13,16,19-20,27,29,32H,6-11,14-15,17-18H2,1-2H3/t19?,20-/m0/s1. The average Bonchev–Trinajstić information content (AvgIpc) is 3.37. The third kappa shape index (κ3) is 6.81. The van der Waals surface area contributed by atoms with Gasteiger partial charge in [-0.3, -0.25) is 4.84 Å². The van der Waals surface area contributed by atoms with E-state index in [1.54, 1.807) is 12.1 Å². The number of likely N-dealkylation sites (N-methyl/N-ethyl adjacent to an activating group) is 1. The highest BCUT2D eigenvalue weighted by molar-refractivity contribution is 7.89. The molecule has 16 heteroatoms. The Morgan fingerprint density at radius 1 is 1.17 bits per heavy atom. The van der Waals surface area contributed by atoms with Gasteiger partial charge in [0, 0.05) is 38.8 Å². The van der Waals surface area contributed by atoms with Crippen LogP contribution in [-0.4, -0.2) is 109 Å². The number of rotatable bonds is 11. The van der Waals surface area contributed by atoms with Crippen LogP contribution in [0.25, 0.3) is 0 Å². The van der Waals surface area contributed by atoms with Gasteiger partial charge in [-0.1, -0.05) is 11.0 Å². The molecular formula is C26H37N5O9S2. The third-order valence-corrected chi connectivity index (χ3v) is 10.9. The zero-order valence-electron chi connectivity index (χ0n) is 23.6. The summed E-state index contributed by atoms with van der Waals surface area (Å²) in [4.78, 5) is 12.7. The highest BCUT2D eigenvalue weighted by Gasteiger charge is 2.45. The molecule has 5 rings (SSSR count). The molecule has 3 aliphatic rings. The molecule has 14 nitrogen and oxygen atoms in total. The molecule has 4 heterocycles. The lowest BCUT2D eigenvalue weighted by atomic mass is 9.88. The molecule has 1 aromatic carbocycles. The van der Waals surface area contributed by atoms with Gasteiger partial charge < -0.3 is 29.5 Å². The van der Waals surface area contributed by atoms with E-state index in [0.29, 0.717) is 69.4 Å². The fraction of sp³-hybridized carbons (Fsp3) is 0.577. The lowest BCUT2D eigenvalue weighted by molar-refractivity contribution is -0.0312. The van der Waals surface area contributed by atoms with E-state index in [4.69, 9.17) is 14.2 Å². The van der Waals surface area contributed by atoms with Crippen LogP contribution in [0.1, 0.15) is 19.3 Å². The Labute approximate surface area is 246 Å². The van der Waals surface area contributed by atoms with Gasteiger partial charge >= 0.3 is 0 Å². The first-order valence-electron chi connectivity index (χ1n) is 13.7. The Morgan fingerprint density at radius 3 is 2.71 bits per heavy atom. The number of aliphatic hydroxyl groups is 1. The quantitative estimate of drug-likeness (QED) is 0.288. The number of ether oxygens (including phenoxy) is 3. The van der Waals surface area contributed by atoms with Crippen molar-refractivity contribution in [2.24, 2.45) is 0 Å². The number of aromatic nitrogens is 1. The van der Waals surface area contributed by atoms with Crippen molar-refractivity contribution in [3.8, 4) is 11.6 Å². The number of nitrogens with zero attached hydrogens (tertiary/aromatic N) is 3. The third-order valence-electron chi connectivity index (χ3n) is 7.76. The van der Waals surface area contributed by atoms with Crippen molar-refractivity contribution in [1.82, 2.24) is 19.5 Å². The fourth-order valence-corrected chi connectivity index (χ4v) is 7.65. The van der Waals surface area contributed by atoms with E-state index in [9.17, 15) is 21.9 Å². The van der Waals surface area contributed by atoms with Gasteiger partial charge in [-0.25, -0.2) is 21.8 Å². The number of sulfonamides is 2. The Balaban J connectivity index is 1.08. The second-order valence-corrected chi connectivity index (χ2v) is 14.3. The normalized spacial score (nSPS) is 21.6. The largest absolute Gasteiger partial charge is 0.491 e. The average molecular weight is 628 g/mol. The van der Waals surface area contributed by atoms with Crippen molar-refractivity contribution < 1.29 is 41.0 Å². The number of aliphatic hydroxyl groups excluding tert-OH is 1. The highest BCUT2D eigenvalue weighted by atomic mass is 32.2. The molecule has 1 unspecified atom stereocenters. The number of hydrogen-bond acceptors (Lipinski definition) is 12.